The highest BCUT2D eigenvalue weighted by Crippen LogP contribution is 2.38. The van der Waals surface area contributed by atoms with Crippen LogP contribution in [-0.4, -0.2) is 82.5 Å². The Bertz CT molecular complexity index is 1020. The molecule has 1 atom stereocenters. The van der Waals surface area contributed by atoms with Crippen LogP contribution in [-0.2, 0) is 46.6 Å². The number of piperidine rings is 1. The van der Waals surface area contributed by atoms with E-state index in [1.165, 1.54) is 14.2 Å². The van der Waals surface area contributed by atoms with Gasteiger partial charge in [0.05, 0.1) is 37.8 Å². The number of aliphatic carboxylic acids is 1. The lowest BCUT2D eigenvalue weighted by molar-refractivity contribution is -0.178. The molecule has 0 aliphatic carbocycles. The maximum atomic E-state index is 12.6. The van der Waals surface area contributed by atoms with Crippen molar-refractivity contribution in [2.24, 2.45) is 5.92 Å². The van der Waals surface area contributed by atoms with E-state index < -0.39 is 47.6 Å². The quantitative estimate of drug-likeness (QED) is 0.276. The average Bonchev–Trinajstić information content (AvgIpc) is 3.12. The zero-order valence-corrected chi connectivity index (χ0v) is 18.5. The van der Waals surface area contributed by atoms with Gasteiger partial charge in [0.1, 0.15) is 5.00 Å². The number of carbonyl (C=O) groups is 6. The zero-order valence-electron chi connectivity index (χ0n) is 17.7. The number of likely N-dealkylation sites (tertiary alicyclic amines) is 1. The molecule has 1 aromatic rings. The largest absolute Gasteiger partial charge is 0.478 e. The summed E-state index contributed by atoms with van der Waals surface area (Å²) >= 11 is 0.891. The summed E-state index contributed by atoms with van der Waals surface area (Å²) in [6, 6.07) is 0. The van der Waals surface area contributed by atoms with Gasteiger partial charge >= 0.3 is 17.8 Å². The minimum absolute atomic E-state index is 0.0300. The summed E-state index contributed by atoms with van der Waals surface area (Å²) in [6.07, 6.45) is -1.04. The van der Waals surface area contributed by atoms with Gasteiger partial charge in [-0.05, 0) is 5.56 Å². The van der Waals surface area contributed by atoms with Crippen LogP contribution in [0.4, 0.5) is 5.00 Å². The molecule has 3 rings (SSSR count). The number of nitrogens with one attached hydrogen (secondary N) is 1. The Balaban J connectivity index is 1.73. The van der Waals surface area contributed by atoms with E-state index in [4.69, 9.17) is 14.7 Å². The van der Waals surface area contributed by atoms with Crippen molar-refractivity contribution in [2.45, 2.75) is 32.0 Å². The maximum absolute atomic E-state index is 12.6. The molecule has 1 aromatic heterocycles. The molecule has 14 heteroatoms. The Hall–Kier alpha value is -3.36. The third-order valence-electron chi connectivity index (χ3n) is 5.37. The number of anilines is 1. The summed E-state index contributed by atoms with van der Waals surface area (Å²) in [5, 5.41) is 21.3. The molecule has 3 heterocycles. The average molecular weight is 483 g/mol. The minimum atomic E-state index is -1.76. The molecule has 0 spiro atoms. The second-order valence-electron chi connectivity index (χ2n) is 7.43. The Morgan fingerprint density at radius 1 is 1.18 bits per heavy atom. The van der Waals surface area contributed by atoms with Crippen LogP contribution in [0.2, 0.25) is 0 Å². The van der Waals surface area contributed by atoms with Crippen molar-refractivity contribution in [1.82, 2.24) is 9.96 Å². The molecule has 2 aliphatic heterocycles. The van der Waals surface area contributed by atoms with E-state index in [0.29, 0.717) is 10.4 Å². The number of thiophene rings is 1. The first-order valence-corrected chi connectivity index (χ1v) is 10.5. The van der Waals surface area contributed by atoms with Gasteiger partial charge in [-0.15, -0.1) is 11.3 Å². The molecule has 33 heavy (non-hydrogen) atoms. The fourth-order valence-electron chi connectivity index (χ4n) is 3.70. The number of aromatic carboxylic acids is 1. The Kier molecular flexibility index (Phi) is 7.09. The van der Waals surface area contributed by atoms with E-state index in [9.17, 15) is 33.9 Å². The first kappa shape index (κ1) is 24.3. The summed E-state index contributed by atoms with van der Waals surface area (Å²) < 4.78 is 5.68. The van der Waals surface area contributed by atoms with Crippen molar-refractivity contribution in [3.63, 3.8) is 0 Å². The smallest absolute Gasteiger partial charge is 0.394 e. The summed E-state index contributed by atoms with van der Waals surface area (Å²) in [4.78, 5) is 77.7. The van der Waals surface area contributed by atoms with Crippen molar-refractivity contribution < 1.29 is 48.6 Å². The van der Waals surface area contributed by atoms with Gasteiger partial charge in [-0.25, -0.2) is 14.7 Å². The molecule has 0 aromatic carbocycles. The molecule has 1 unspecified atom stereocenters. The molecule has 1 saturated heterocycles. The van der Waals surface area contributed by atoms with Crippen LogP contribution in [0.1, 0.15) is 33.6 Å². The number of fused-ring (bicyclic) bond motifs is 1. The van der Waals surface area contributed by atoms with E-state index in [0.717, 1.165) is 21.3 Å². The zero-order chi connectivity index (χ0) is 24.4. The molecule has 13 nitrogen and oxygen atoms in total. The second kappa shape index (κ2) is 9.64. The monoisotopic (exact) mass is 483 g/mol. The lowest BCUT2D eigenvalue weighted by atomic mass is 9.93. The van der Waals surface area contributed by atoms with Crippen LogP contribution in [0.25, 0.3) is 0 Å². The Morgan fingerprint density at radius 3 is 2.36 bits per heavy atom. The predicted molar refractivity (Wildman–Crippen MR) is 109 cm³/mol. The molecule has 3 N–H and O–H groups in total. The van der Waals surface area contributed by atoms with Crippen LogP contribution in [0.15, 0.2) is 0 Å². The number of hydrogen-bond donors (Lipinski definition) is 3. The van der Waals surface area contributed by atoms with E-state index in [1.54, 1.807) is 0 Å². The van der Waals surface area contributed by atoms with E-state index in [1.807, 2.05) is 0 Å². The number of amides is 4. The van der Waals surface area contributed by atoms with Crippen LogP contribution in [0.3, 0.4) is 0 Å². The fourth-order valence-corrected chi connectivity index (χ4v) is 4.83. The van der Waals surface area contributed by atoms with Crippen LogP contribution < -0.4 is 5.32 Å². The topological polar surface area (TPSA) is 180 Å². The van der Waals surface area contributed by atoms with Gasteiger partial charge in [-0.1, -0.05) is 0 Å². The van der Waals surface area contributed by atoms with Crippen LogP contribution in [0, 0.1) is 5.92 Å². The first-order chi connectivity index (χ1) is 15.5. The van der Waals surface area contributed by atoms with Crippen molar-refractivity contribution >= 4 is 51.9 Å². The first-order valence-electron chi connectivity index (χ1n) is 9.72. The highest BCUT2D eigenvalue weighted by molar-refractivity contribution is 7.17. The number of carboxylic acid groups (broad SMARTS) is 2. The maximum Gasteiger partial charge on any atom is 0.394 e. The van der Waals surface area contributed by atoms with Crippen molar-refractivity contribution in [3.05, 3.63) is 16.0 Å². The molecule has 178 valence electrons. The number of hydrogen-bond acceptors (Lipinski definition) is 9. The molecule has 0 bridgehead atoms. The number of hydroxylamine groups is 2. The van der Waals surface area contributed by atoms with Crippen LogP contribution >= 0.6 is 11.3 Å². The van der Waals surface area contributed by atoms with Gasteiger partial charge in [-0.2, -0.15) is 0 Å². The number of carboxylic acids is 2. The van der Waals surface area contributed by atoms with Gasteiger partial charge in [0.25, 0.3) is 0 Å². The molecule has 0 saturated carbocycles. The fraction of sp³-hybridized carbons (Fsp3) is 0.474. The molecule has 2 aliphatic rings. The van der Waals surface area contributed by atoms with Crippen LogP contribution in [0.5, 0.6) is 0 Å². The molecule has 4 amide bonds. The van der Waals surface area contributed by atoms with Gasteiger partial charge in [0.15, 0.2) is 0 Å². The summed E-state index contributed by atoms with van der Waals surface area (Å²) in [7, 11) is 2.67. The van der Waals surface area contributed by atoms with Gasteiger partial charge in [0, 0.05) is 31.2 Å². The van der Waals surface area contributed by atoms with Crippen molar-refractivity contribution in [3.8, 4) is 0 Å². The standard InChI is InChI=1S/C19H21N3O10S/c1-21(31-2)17(26)8-3-12(23)22(13(24)4-8)6-9-5-10-11(7-32-9)33-16(14(10)18(27)28)20-15(25)19(29)30/h8-9H,3-7H2,1-2H3,(H,20,25)(H,27,28)(H,29,30). The third-order valence-corrected chi connectivity index (χ3v) is 6.49. The minimum Gasteiger partial charge on any atom is -0.478 e. The molecular formula is C19H21N3O10S. The number of carbonyl (C=O) groups excluding carboxylic acids is 4. The Morgan fingerprint density at radius 2 is 1.82 bits per heavy atom. The number of rotatable bonds is 6. The van der Waals surface area contributed by atoms with E-state index in [-0.39, 0.29) is 43.0 Å². The SMILES string of the molecule is CON(C)C(=O)C1CC(=O)N(CC2Cc3c(sc(NC(=O)C(=O)O)c3C(=O)O)CO2)C(=O)C1. The predicted octanol–water partition coefficient (Wildman–Crippen LogP) is -0.304. The molecule has 0 radical (unpaired) electrons. The third kappa shape index (κ3) is 5.02. The highest BCUT2D eigenvalue weighted by atomic mass is 32.1. The van der Waals surface area contributed by atoms with Gasteiger partial charge in [0.2, 0.25) is 17.7 Å². The summed E-state index contributed by atoms with van der Waals surface area (Å²) in [5.74, 6) is -6.92. The van der Waals surface area contributed by atoms with E-state index in [2.05, 4.69) is 5.32 Å². The molecule has 1 fully saturated rings. The van der Waals surface area contributed by atoms with Crippen molar-refractivity contribution in [1.29, 1.82) is 0 Å². The van der Waals surface area contributed by atoms with E-state index >= 15 is 0 Å². The highest BCUT2D eigenvalue weighted by Gasteiger charge is 2.40. The van der Waals surface area contributed by atoms with Crippen molar-refractivity contribution in [2.75, 3.05) is 26.0 Å². The molecular weight excluding hydrogens is 462 g/mol. The number of nitrogens with zero attached hydrogens (tertiary/aromatic N) is 2. The summed E-state index contributed by atoms with van der Waals surface area (Å²) in [5.41, 5.74) is 0.0959. The normalized spacial score (nSPS) is 18.6. The summed E-state index contributed by atoms with van der Waals surface area (Å²) in [6.45, 7) is -0.173. The lowest BCUT2D eigenvalue weighted by Crippen LogP contribution is -2.50. The number of imide groups is 1. The second-order valence-corrected chi connectivity index (χ2v) is 8.54. The Labute approximate surface area is 190 Å². The van der Waals surface area contributed by atoms with Gasteiger partial charge < -0.3 is 20.3 Å². The number of ether oxygens (including phenoxy) is 1. The lowest BCUT2D eigenvalue weighted by Gasteiger charge is -2.34. The van der Waals surface area contributed by atoms with Gasteiger partial charge in [-0.3, -0.25) is 28.9 Å².